The number of benzene rings is 1. The third kappa shape index (κ3) is 3.54. The van der Waals surface area contributed by atoms with Crippen LogP contribution in [0.25, 0.3) is 0 Å². The molecule has 1 heterocycles. The number of rotatable bonds is 4. The molecular weight excluding hydrogens is 316 g/mol. The highest BCUT2D eigenvalue weighted by molar-refractivity contribution is 9.10. The Hall–Kier alpha value is -0.430. The molecule has 2 rings (SSSR count). The second-order valence-corrected chi connectivity index (χ2v) is 6.99. The Morgan fingerprint density at radius 1 is 1.17 bits per heavy atom. The monoisotopic (exact) mass is 332 g/mol. The maximum atomic E-state index is 12.1. The minimum atomic E-state index is -3.34. The molecule has 1 aliphatic heterocycles. The van der Waals surface area contributed by atoms with Gasteiger partial charge in [-0.15, -0.1) is 0 Å². The molecule has 4 nitrogen and oxygen atoms in total. The Kier molecular flexibility index (Phi) is 4.77. The molecule has 1 fully saturated rings. The predicted octanol–water partition coefficient (Wildman–Crippen LogP) is 2.27. The summed E-state index contributed by atoms with van der Waals surface area (Å²) < 4.78 is 29.3. The summed E-state index contributed by atoms with van der Waals surface area (Å²) in [6.45, 7) is 1.58. The van der Waals surface area contributed by atoms with Gasteiger partial charge in [-0.2, -0.15) is 17.4 Å². The summed E-state index contributed by atoms with van der Waals surface area (Å²) >= 11 is 3.41. The molecule has 18 heavy (non-hydrogen) atoms. The van der Waals surface area contributed by atoms with Crippen LogP contribution in [0, 0.1) is 0 Å². The molecule has 1 N–H and O–H groups in total. The SMILES string of the molecule is O=S(=O)(NCc1ccccc1Br)N1CCCCC1. The van der Waals surface area contributed by atoms with Crippen LogP contribution in [0.3, 0.4) is 0 Å². The van der Waals surface area contributed by atoms with Crippen LogP contribution >= 0.6 is 15.9 Å². The Balaban J connectivity index is 1.98. The average Bonchev–Trinajstić information content (AvgIpc) is 2.39. The maximum Gasteiger partial charge on any atom is 0.279 e. The molecule has 0 atom stereocenters. The van der Waals surface area contributed by atoms with Crippen molar-refractivity contribution in [2.75, 3.05) is 13.1 Å². The van der Waals surface area contributed by atoms with Crippen molar-refractivity contribution in [1.82, 2.24) is 9.03 Å². The van der Waals surface area contributed by atoms with E-state index in [9.17, 15) is 8.42 Å². The summed E-state index contributed by atoms with van der Waals surface area (Å²) in [7, 11) is -3.34. The molecule has 100 valence electrons. The lowest BCUT2D eigenvalue weighted by atomic mass is 10.2. The Morgan fingerprint density at radius 3 is 2.50 bits per heavy atom. The van der Waals surface area contributed by atoms with E-state index in [2.05, 4.69) is 20.7 Å². The van der Waals surface area contributed by atoms with Crippen molar-refractivity contribution < 1.29 is 8.42 Å². The van der Waals surface area contributed by atoms with Gasteiger partial charge in [0, 0.05) is 24.1 Å². The summed E-state index contributed by atoms with van der Waals surface area (Å²) in [5, 5.41) is 0. The predicted molar refractivity (Wildman–Crippen MR) is 75.3 cm³/mol. The van der Waals surface area contributed by atoms with Crippen LogP contribution in [-0.4, -0.2) is 25.8 Å². The van der Waals surface area contributed by atoms with E-state index < -0.39 is 10.2 Å². The van der Waals surface area contributed by atoms with Crippen LogP contribution in [0.4, 0.5) is 0 Å². The number of halogens is 1. The van der Waals surface area contributed by atoms with Crippen molar-refractivity contribution in [3.05, 3.63) is 34.3 Å². The number of hydrogen-bond donors (Lipinski definition) is 1. The molecule has 0 aromatic heterocycles. The summed E-state index contributed by atoms with van der Waals surface area (Å²) in [4.78, 5) is 0. The lowest BCUT2D eigenvalue weighted by molar-refractivity contribution is 0.341. The summed E-state index contributed by atoms with van der Waals surface area (Å²) in [5.41, 5.74) is 0.943. The molecule has 0 spiro atoms. The van der Waals surface area contributed by atoms with Crippen LogP contribution in [-0.2, 0) is 16.8 Å². The van der Waals surface area contributed by atoms with Gasteiger partial charge in [-0.3, -0.25) is 0 Å². The first-order valence-electron chi connectivity index (χ1n) is 6.08. The highest BCUT2D eigenvalue weighted by atomic mass is 79.9. The van der Waals surface area contributed by atoms with Gasteiger partial charge in [-0.05, 0) is 24.5 Å². The van der Waals surface area contributed by atoms with Gasteiger partial charge in [0.05, 0.1) is 0 Å². The first-order chi connectivity index (χ1) is 8.59. The van der Waals surface area contributed by atoms with Gasteiger partial charge < -0.3 is 0 Å². The van der Waals surface area contributed by atoms with E-state index in [0.29, 0.717) is 19.6 Å². The Bertz CT molecular complexity index is 499. The van der Waals surface area contributed by atoms with Crippen molar-refractivity contribution in [2.24, 2.45) is 0 Å². The fourth-order valence-corrected chi connectivity index (χ4v) is 3.69. The number of nitrogens with one attached hydrogen (secondary N) is 1. The van der Waals surface area contributed by atoms with Crippen LogP contribution in [0.5, 0.6) is 0 Å². The Labute approximate surface area is 117 Å². The summed E-state index contributed by atoms with van der Waals surface area (Å²) in [6.07, 6.45) is 3.03. The zero-order valence-electron chi connectivity index (χ0n) is 10.1. The van der Waals surface area contributed by atoms with E-state index in [-0.39, 0.29) is 0 Å². The smallest absolute Gasteiger partial charge is 0.198 e. The third-order valence-electron chi connectivity index (χ3n) is 3.06. The number of piperidine rings is 1. The van der Waals surface area contributed by atoms with Crippen molar-refractivity contribution in [3.8, 4) is 0 Å². The summed E-state index contributed by atoms with van der Waals surface area (Å²) in [6, 6.07) is 7.62. The molecular formula is C12H17BrN2O2S. The van der Waals surface area contributed by atoms with E-state index in [1.807, 2.05) is 24.3 Å². The molecule has 0 aliphatic carbocycles. The molecule has 0 unspecified atom stereocenters. The first kappa shape index (κ1) is 14.0. The van der Waals surface area contributed by atoms with Crippen LogP contribution in [0.1, 0.15) is 24.8 Å². The largest absolute Gasteiger partial charge is 0.279 e. The fourth-order valence-electron chi connectivity index (χ4n) is 2.01. The number of nitrogens with zero attached hydrogens (tertiary/aromatic N) is 1. The second-order valence-electron chi connectivity index (χ2n) is 4.38. The van der Waals surface area contributed by atoms with Gasteiger partial charge in [0.15, 0.2) is 0 Å². The van der Waals surface area contributed by atoms with Gasteiger partial charge >= 0.3 is 0 Å². The topological polar surface area (TPSA) is 49.4 Å². The van der Waals surface area contributed by atoms with Gasteiger partial charge in [-0.25, -0.2) is 0 Å². The standard InChI is InChI=1S/C12H17BrN2O2S/c13-12-7-3-2-6-11(12)10-14-18(16,17)15-8-4-1-5-9-15/h2-3,6-7,14H,1,4-5,8-10H2. The van der Waals surface area contributed by atoms with E-state index in [1.54, 1.807) is 0 Å². The lowest BCUT2D eigenvalue weighted by Gasteiger charge is -2.26. The maximum absolute atomic E-state index is 12.1. The molecule has 1 saturated heterocycles. The highest BCUT2D eigenvalue weighted by Gasteiger charge is 2.23. The van der Waals surface area contributed by atoms with Gasteiger partial charge in [-0.1, -0.05) is 40.5 Å². The van der Waals surface area contributed by atoms with Crippen LogP contribution < -0.4 is 4.72 Å². The van der Waals surface area contributed by atoms with Crippen molar-refractivity contribution in [2.45, 2.75) is 25.8 Å². The normalized spacial score (nSPS) is 17.8. The third-order valence-corrected chi connectivity index (χ3v) is 5.39. The van der Waals surface area contributed by atoms with Crippen molar-refractivity contribution in [3.63, 3.8) is 0 Å². The minimum absolute atomic E-state index is 0.320. The Morgan fingerprint density at radius 2 is 1.83 bits per heavy atom. The molecule has 1 aromatic rings. The molecule has 0 bridgehead atoms. The zero-order chi connectivity index (χ0) is 13.0. The van der Waals surface area contributed by atoms with Crippen LogP contribution in [0.2, 0.25) is 0 Å². The highest BCUT2D eigenvalue weighted by Crippen LogP contribution is 2.17. The van der Waals surface area contributed by atoms with E-state index in [0.717, 1.165) is 29.3 Å². The van der Waals surface area contributed by atoms with Crippen molar-refractivity contribution >= 4 is 26.1 Å². The van der Waals surface area contributed by atoms with Gasteiger partial charge in [0.2, 0.25) is 0 Å². The molecule has 1 aromatic carbocycles. The molecule has 0 saturated carbocycles. The lowest BCUT2D eigenvalue weighted by Crippen LogP contribution is -2.43. The van der Waals surface area contributed by atoms with Gasteiger partial charge in [0.1, 0.15) is 0 Å². The van der Waals surface area contributed by atoms with E-state index in [1.165, 1.54) is 4.31 Å². The minimum Gasteiger partial charge on any atom is -0.198 e. The fraction of sp³-hybridized carbons (Fsp3) is 0.500. The van der Waals surface area contributed by atoms with Crippen molar-refractivity contribution in [1.29, 1.82) is 0 Å². The first-order valence-corrected chi connectivity index (χ1v) is 8.31. The van der Waals surface area contributed by atoms with E-state index in [4.69, 9.17) is 0 Å². The molecule has 1 aliphatic rings. The number of hydrogen-bond acceptors (Lipinski definition) is 2. The second kappa shape index (κ2) is 6.14. The van der Waals surface area contributed by atoms with Gasteiger partial charge in [0.25, 0.3) is 10.2 Å². The quantitative estimate of drug-likeness (QED) is 0.919. The zero-order valence-corrected chi connectivity index (χ0v) is 12.5. The summed E-state index contributed by atoms with van der Waals surface area (Å²) in [5.74, 6) is 0. The van der Waals surface area contributed by atoms with Crippen LogP contribution in [0.15, 0.2) is 28.7 Å². The van der Waals surface area contributed by atoms with E-state index >= 15 is 0 Å². The molecule has 0 amide bonds. The molecule has 6 heteroatoms. The molecule has 0 radical (unpaired) electrons. The average molecular weight is 333 g/mol.